The molecule has 1 unspecified atom stereocenters. The van der Waals surface area contributed by atoms with E-state index in [1.54, 1.807) is 11.7 Å². The third-order valence-corrected chi connectivity index (χ3v) is 4.44. The van der Waals surface area contributed by atoms with Crippen molar-refractivity contribution in [1.82, 2.24) is 9.78 Å². The number of hydrogen-bond acceptors (Lipinski definition) is 2. The summed E-state index contributed by atoms with van der Waals surface area (Å²) in [5, 5.41) is 4.69. The van der Waals surface area contributed by atoms with Crippen molar-refractivity contribution in [3.05, 3.63) is 50.2 Å². The normalized spacial score (nSPS) is 12.8. The first-order chi connectivity index (χ1) is 9.32. The molecule has 1 atom stereocenters. The minimum Gasteiger partial charge on any atom is -0.324 e. The number of aromatic nitrogens is 2. The third kappa shape index (κ3) is 2.73. The van der Waals surface area contributed by atoms with Gasteiger partial charge in [-0.2, -0.15) is 5.10 Å². The van der Waals surface area contributed by atoms with Gasteiger partial charge < -0.3 is 5.73 Å². The summed E-state index contributed by atoms with van der Waals surface area (Å²) in [5.74, 6) is -1.85. The van der Waals surface area contributed by atoms with E-state index in [2.05, 4.69) is 21.0 Å². The average Bonchev–Trinajstić information content (AvgIpc) is 2.62. The first-order valence-corrected chi connectivity index (χ1v) is 7.07. The van der Waals surface area contributed by atoms with E-state index in [1.807, 2.05) is 6.92 Å². The Balaban J connectivity index is 2.33. The van der Waals surface area contributed by atoms with Gasteiger partial charge in [0.15, 0.2) is 11.6 Å². The second-order valence-corrected chi connectivity index (χ2v) is 5.70. The fraction of sp³-hybridized carbons (Fsp3) is 0.308. The predicted octanol–water partition coefficient (Wildman–Crippen LogP) is 3.67. The quantitative estimate of drug-likeness (QED) is 0.845. The van der Waals surface area contributed by atoms with Gasteiger partial charge in [0.05, 0.1) is 10.2 Å². The molecule has 7 heteroatoms. The molecule has 108 valence electrons. The van der Waals surface area contributed by atoms with Crippen LogP contribution in [0.2, 0.25) is 5.15 Å². The van der Waals surface area contributed by atoms with Crippen molar-refractivity contribution in [1.29, 1.82) is 0 Å². The van der Waals surface area contributed by atoms with Gasteiger partial charge in [-0.3, -0.25) is 4.68 Å². The zero-order valence-corrected chi connectivity index (χ0v) is 13.3. The lowest BCUT2D eigenvalue weighted by Gasteiger charge is -2.14. The van der Waals surface area contributed by atoms with E-state index in [9.17, 15) is 8.78 Å². The van der Waals surface area contributed by atoms with Crippen LogP contribution in [0, 0.1) is 18.6 Å². The van der Waals surface area contributed by atoms with Gasteiger partial charge in [0.2, 0.25) is 0 Å². The summed E-state index contributed by atoms with van der Waals surface area (Å²) in [6, 6.07) is 2.01. The van der Waals surface area contributed by atoms with E-state index in [1.165, 1.54) is 6.07 Å². The minimum absolute atomic E-state index is 0.0441. The van der Waals surface area contributed by atoms with Crippen molar-refractivity contribution >= 4 is 27.5 Å². The van der Waals surface area contributed by atoms with Crippen molar-refractivity contribution in [2.45, 2.75) is 19.4 Å². The molecular weight excluding hydrogens is 352 g/mol. The molecule has 0 saturated carbocycles. The maximum atomic E-state index is 13.5. The number of benzene rings is 1. The van der Waals surface area contributed by atoms with Crippen LogP contribution >= 0.6 is 27.5 Å². The minimum atomic E-state index is -0.938. The average molecular weight is 365 g/mol. The van der Waals surface area contributed by atoms with Crippen LogP contribution in [0.1, 0.15) is 22.9 Å². The standard InChI is InChI=1S/C13H13BrClF2N3/c1-6-8(13(15)20(2)19-6)5-10(18)7-3-4-9(16)12(17)11(7)14/h3-4,10H,5,18H2,1-2H3. The molecule has 2 aromatic rings. The summed E-state index contributed by atoms with van der Waals surface area (Å²) in [6.07, 6.45) is 0.391. The Bertz CT molecular complexity index is 658. The number of aryl methyl sites for hydroxylation is 2. The first kappa shape index (κ1) is 15.4. The maximum absolute atomic E-state index is 13.5. The summed E-state index contributed by atoms with van der Waals surface area (Å²) in [5.41, 5.74) is 8.14. The maximum Gasteiger partial charge on any atom is 0.173 e. The van der Waals surface area contributed by atoms with Crippen LogP contribution in [0.4, 0.5) is 8.78 Å². The van der Waals surface area contributed by atoms with E-state index in [0.717, 1.165) is 17.3 Å². The Morgan fingerprint density at radius 1 is 1.45 bits per heavy atom. The molecular formula is C13H13BrClF2N3. The highest BCUT2D eigenvalue weighted by Gasteiger charge is 2.20. The molecule has 0 amide bonds. The summed E-state index contributed by atoms with van der Waals surface area (Å²) in [4.78, 5) is 0. The molecule has 1 aromatic heterocycles. The molecule has 1 aromatic carbocycles. The van der Waals surface area contributed by atoms with E-state index in [4.69, 9.17) is 17.3 Å². The number of hydrogen-bond donors (Lipinski definition) is 1. The Hall–Kier alpha value is -0.980. The first-order valence-electron chi connectivity index (χ1n) is 5.89. The molecule has 0 aliphatic heterocycles. The summed E-state index contributed by atoms with van der Waals surface area (Å²) < 4.78 is 28.2. The largest absolute Gasteiger partial charge is 0.324 e. The molecule has 0 fully saturated rings. The van der Waals surface area contributed by atoms with Crippen molar-refractivity contribution in [3.8, 4) is 0 Å². The lowest BCUT2D eigenvalue weighted by atomic mass is 10.00. The number of nitrogens with two attached hydrogens (primary N) is 1. The van der Waals surface area contributed by atoms with Gasteiger partial charge >= 0.3 is 0 Å². The van der Waals surface area contributed by atoms with E-state index in [0.29, 0.717) is 17.1 Å². The molecule has 2 rings (SSSR count). The molecule has 0 bridgehead atoms. The van der Waals surface area contributed by atoms with Crippen LogP contribution in [0.25, 0.3) is 0 Å². The zero-order valence-electron chi connectivity index (χ0n) is 10.9. The highest BCUT2D eigenvalue weighted by Crippen LogP contribution is 2.30. The summed E-state index contributed by atoms with van der Waals surface area (Å²) in [6.45, 7) is 1.83. The molecule has 3 nitrogen and oxygen atoms in total. The second-order valence-electron chi connectivity index (χ2n) is 4.55. The van der Waals surface area contributed by atoms with E-state index >= 15 is 0 Å². The summed E-state index contributed by atoms with van der Waals surface area (Å²) >= 11 is 9.18. The van der Waals surface area contributed by atoms with Crippen LogP contribution in [0.3, 0.4) is 0 Å². The monoisotopic (exact) mass is 363 g/mol. The van der Waals surface area contributed by atoms with Crippen molar-refractivity contribution < 1.29 is 8.78 Å². The molecule has 2 N–H and O–H groups in total. The molecule has 0 aliphatic carbocycles. The van der Waals surface area contributed by atoms with Crippen molar-refractivity contribution in [2.75, 3.05) is 0 Å². The zero-order chi connectivity index (χ0) is 15.0. The molecule has 0 radical (unpaired) electrons. The highest BCUT2D eigenvalue weighted by atomic mass is 79.9. The second kappa shape index (κ2) is 5.79. The van der Waals surface area contributed by atoms with Crippen LogP contribution in [0.15, 0.2) is 16.6 Å². The molecule has 20 heavy (non-hydrogen) atoms. The van der Waals surface area contributed by atoms with Gasteiger partial charge in [0.25, 0.3) is 0 Å². The smallest absolute Gasteiger partial charge is 0.173 e. The topological polar surface area (TPSA) is 43.8 Å². The molecule has 0 aliphatic rings. The van der Waals surface area contributed by atoms with Crippen LogP contribution < -0.4 is 5.73 Å². The van der Waals surface area contributed by atoms with Gasteiger partial charge in [0, 0.05) is 18.7 Å². The lowest BCUT2D eigenvalue weighted by molar-refractivity contribution is 0.500. The number of nitrogens with zero attached hydrogens (tertiary/aromatic N) is 2. The SMILES string of the molecule is Cc1nn(C)c(Cl)c1CC(N)c1ccc(F)c(F)c1Br. The summed E-state index contributed by atoms with van der Waals surface area (Å²) in [7, 11) is 1.73. The van der Waals surface area contributed by atoms with Crippen molar-refractivity contribution in [2.24, 2.45) is 12.8 Å². The predicted molar refractivity (Wildman–Crippen MR) is 77.6 cm³/mol. The van der Waals surface area contributed by atoms with E-state index in [-0.39, 0.29) is 4.47 Å². The Labute approximate surface area is 128 Å². The van der Waals surface area contributed by atoms with Crippen LogP contribution in [-0.2, 0) is 13.5 Å². The number of halogens is 4. The van der Waals surface area contributed by atoms with Gasteiger partial charge in [-0.05, 0) is 40.9 Å². The van der Waals surface area contributed by atoms with Crippen LogP contribution in [-0.4, -0.2) is 9.78 Å². The lowest BCUT2D eigenvalue weighted by Crippen LogP contribution is -2.15. The fourth-order valence-corrected chi connectivity index (χ4v) is 2.93. The third-order valence-electron chi connectivity index (χ3n) is 3.16. The molecule has 1 heterocycles. The van der Waals surface area contributed by atoms with Crippen LogP contribution in [0.5, 0.6) is 0 Å². The van der Waals surface area contributed by atoms with E-state index < -0.39 is 17.7 Å². The number of rotatable bonds is 3. The molecule has 0 spiro atoms. The van der Waals surface area contributed by atoms with Crippen molar-refractivity contribution in [3.63, 3.8) is 0 Å². The van der Waals surface area contributed by atoms with Gasteiger partial charge in [0.1, 0.15) is 5.15 Å². The van der Waals surface area contributed by atoms with Gasteiger partial charge in [-0.1, -0.05) is 17.7 Å². The highest BCUT2D eigenvalue weighted by molar-refractivity contribution is 9.10. The van der Waals surface area contributed by atoms with Gasteiger partial charge in [-0.25, -0.2) is 8.78 Å². The Morgan fingerprint density at radius 2 is 2.10 bits per heavy atom. The Kier molecular flexibility index (Phi) is 4.46. The fourth-order valence-electron chi connectivity index (χ4n) is 2.06. The van der Waals surface area contributed by atoms with Gasteiger partial charge in [-0.15, -0.1) is 0 Å². The Morgan fingerprint density at radius 3 is 2.65 bits per heavy atom. The molecule has 0 saturated heterocycles.